The zero-order valence-corrected chi connectivity index (χ0v) is 20.0. The second-order valence-corrected chi connectivity index (χ2v) is 9.02. The minimum atomic E-state index is -0.469. The van der Waals surface area contributed by atoms with E-state index in [0.29, 0.717) is 41.7 Å². The second kappa shape index (κ2) is 10.2. The van der Waals surface area contributed by atoms with Gasteiger partial charge in [0.25, 0.3) is 11.8 Å². The van der Waals surface area contributed by atoms with Gasteiger partial charge in [0, 0.05) is 24.2 Å². The number of nitrogens with one attached hydrogen (secondary N) is 2. The number of ether oxygens (including phenoxy) is 1. The van der Waals surface area contributed by atoms with Crippen LogP contribution in [0.4, 0.5) is 5.69 Å². The number of para-hydroxylation sites is 1. The standard InChI is InChI=1S/C24H27ClN6O3/c1-15(2)31-13-18(12-30(3)11-16-7-9-17(25)10-8-16)34-21-19(24(31)33)5-4-6-20(21)28-23(32)22-26-14-27-29-22/h4-10,14-15,18H,11-13H2,1-3H3,(H,28,32)(H,26,27,29). The predicted octanol–water partition coefficient (Wildman–Crippen LogP) is 3.45. The van der Waals surface area contributed by atoms with Crippen molar-refractivity contribution >= 4 is 29.1 Å². The third kappa shape index (κ3) is 5.37. The van der Waals surface area contributed by atoms with Crippen molar-refractivity contribution in [2.45, 2.75) is 32.5 Å². The van der Waals surface area contributed by atoms with E-state index in [0.717, 1.165) is 5.56 Å². The van der Waals surface area contributed by atoms with Crippen molar-refractivity contribution in [2.75, 3.05) is 25.5 Å². The summed E-state index contributed by atoms with van der Waals surface area (Å²) in [7, 11) is 2.00. The predicted molar refractivity (Wildman–Crippen MR) is 129 cm³/mol. The van der Waals surface area contributed by atoms with Gasteiger partial charge < -0.3 is 15.0 Å². The Morgan fingerprint density at radius 2 is 2.06 bits per heavy atom. The number of hydrogen-bond donors (Lipinski definition) is 2. The second-order valence-electron chi connectivity index (χ2n) is 8.58. The van der Waals surface area contributed by atoms with Crippen LogP contribution < -0.4 is 10.1 Å². The van der Waals surface area contributed by atoms with Crippen LogP contribution in [0.1, 0.15) is 40.4 Å². The molecule has 9 nitrogen and oxygen atoms in total. The van der Waals surface area contributed by atoms with Crippen molar-refractivity contribution in [1.82, 2.24) is 25.0 Å². The minimum absolute atomic E-state index is 0.0152. The number of fused-ring (bicyclic) bond motifs is 1. The van der Waals surface area contributed by atoms with Crippen molar-refractivity contribution < 1.29 is 14.3 Å². The molecule has 1 unspecified atom stereocenters. The number of aromatic nitrogens is 3. The first kappa shape index (κ1) is 23.7. The van der Waals surface area contributed by atoms with E-state index in [9.17, 15) is 9.59 Å². The normalized spacial score (nSPS) is 15.8. The fourth-order valence-electron chi connectivity index (χ4n) is 3.94. The molecule has 1 atom stereocenters. The van der Waals surface area contributed by atoms with Gasteiger partial charge in [-0.3, -0.25) is 19.6 Å². The summed E-state index contributed by atoms with van der Waals surface area (Å²) in [6.07, 6.45) is 0.946. The summed E-state index contributed by atoms with van der Waals surface area (Å²) in [5.41, 5.74) is 1.94. The van der Waals surface area contributed by atoms with Crippen LogP contribution in [0.3, 0.4) is 0 Å². The molecule has 2 amide bonds. The maximum Gasteiger partial charge on any atom is 0.293 e. The number of amides is 2. The van der Waals surface area contributed by atoms with Crippen molar-refractivity contribution in [1.29, 1.82) is 0 Å². The van der Waals surface area contributed by atoms with Crippen LogP contribution in [0, 0.1) is 0 Å². The Balaban J connectivity index is 1.59. The van der Waals surface area contributed by atoms with E-state index in [1.54, 1.807) is 23.1 Å². The highest BCUT2D eigenvalue weighted by Crippen LogP contribution is 2.34. The molecule has 1 aliphatic rings. The smallest absolute Gasteiger partial charge is 0.293 e. The zero-order chi connectivity index (χ0) is 24.2. The van der Waals surface area contributed by atoms with E-state index < -0.39 is 5.91 Å². The van der Waals surface area contributed by atoms with Crippen LogP contribution in [0.2, 0.25) is 5.02 Å². The largest absolute Gasteiger partial charge is 0.484 e. The molecule has 0 radical (unpaired) electrons. The van der Waals surface area contributed by atoms with Crippen LogP contribution in [0.5, 0.6) is 5.75 Å². The number of benzene rings is 2. The summed E-state index contributed by atoms with van der Waals surface area (Å²) in [6.45, 7) is 5.65. The van der Waals surface area contributed by atoms with Gasteiger partial charge in [-0.05, 0) is 50.7 Å². The number of rotatable bonds is 7. The number of likely N-dealkylation sites (N-methyl/N-ethyl adjacent to an activating group) is 1. The fourth-order valence-corrected chi connectivity index (χ4v) is 4.07. The Hall–Kier alpha value is -3.43. The summed E-state index contributed by atoms with van der Waals surface area (Å²) < 4.78 is 6.40. The summed E-state index contributed by atoms with van der Waals surface area (Å²) >= 11 is 6.00. The van der Waals surface area contributed by atoms with Gasteiger partial charge in [-0.1, -0.05) is 29.8 Å². The molecule has 0 bridgehead atoms. The van der Waals surface area contributed by atoms with Gasteiger partial charge in [-0.25, -0.2) is 4.98 Å². The first-order valence-electron chi connectivity index (χ1n) is 11.0. The Labute approximate surface area is 203 Å². The number of hydrogen-bond acceptors (Lipinski definition) is 6. The molecule has 1 aliphatic heterocycles. The lowest BCUT2D eigenvalue weighted by Crippen LogP contribution is -2.45. The highest BCUT2D eigenvalue weighted by atomic mass is 35.5. The molecule has 0 aliphatic carbocycles. The molecule has 0 saturated carbocycles. The molecule has 34 heavy (non-hydrogen) atoms. The molecule has 178 valence electrons. The third-order valence-corrected chi connectivity index (χ3v) is 5.83. The maximum atomic E-state index is 13.4. The molecule has 3 aromatic rings. The van der Waals surface area contributed by atoms with Gasteiger partial charge in [0.2, 0.25) is 5.82 Å². The summed E-state index contributed by atoms with van der Waals surface area (Å²) in [5, 5.41) is 9.73. The number of halogens is 1. The van der Waals surface area contributed by atoms with Crippen LogP contribution in [-0.4, -0.2) is 69.1 Å². The maximum absolute atomic E-state index is 13.4. The van der Waals surface area contributed by atoms with E-state index >= 15 is 0 Å². The molecule has 4 rings (SSSR count). The van der Waals surface area contributed by atoms with Crippen LogP contribution in [0.25, 0.3) is 0 Å². The first-order chi connectivity index (χ1) is 16.3. The van der Waals surface area contributed by atoms with Gasteiger partial charge >= 0.3 is 0 Å². The Kier molecular flexibility index (Phi) is 7.14. The monoisotopic (exact) mass is 482 g/mol. The Morgan fingerprint density at radius 1 is 1.29 bits per heavy atom. The van der Waals surface area contributed by atoms with Crippen molar-refractivity contribution in [3.8, 4) is 5.75 Å². The van der Waals surface area contributed by atoms with Crippen LogP contribution in [0.15, 0.2) is 48.8 Å². The van der Waals surface area contributed by atoms with E-state index in [1.165, 1.54) is 6.33 Å². The zero-order valence-electron chi connectivity index (χ0n) is 19.3. The molecule has 10 heteroatoms. The van der Waals surface area contributed by atoms with Gasteiger partial charge in [0.1, 0.15) is 12.4 Å². The average Bonchev–Trinajstić information content (AvgIpc) is 3.30. The first-order valence-corrected chi connectivity index (χ1v) is 11.4. The highest BCUT2D eigenvalue weighted by Gasteiger charge is 2.32. The molecule has 2 aromatic carbocycles. The van der Waals surface area contributed by atoms with Crippen LogP contribution >= 0.6 is 11.6 Å². The molecule has 0 spiro atoms. The fraction of sp³-hybridized carbons (Fsp3) is 0.333. The van der Waals surface area contributed by atoms with Gasteiger partial charge in [-0.15, -0.1) is 0 Å². The molecule has 0 fully saturated rings. The third-order valence-electron chi connectivity index (χ3n) is 5.57. The molecule has 2 heterocycles. The number of anilines is 1. The van der Waals surface area contributed by atoms with Crippen molar-refractivity contribution in [2.24, 2.45) is 0 Å². The molecular weight excluding hydrogens is 456 g/mol. The molecule has 0 saturated heterocycles. The SMILES string of the molecule is CC(C)N1CC(CN(C)Cc2ccc(Cl)cc2)Oc2c(NC(=O)c3ncn[nH]3)cccc2C1=O. The summed E-state index contributed by atoms with van der Waals surface area (Å²) in [4.78, 5) is 33.8. The molecular formula is C24H27ClN6O3. The molecule has 1 aromatic heterocycles. The van der Waals surface area contributed by atoms with E-state index in [2.05, 4.69) is 25.4 Å². The number of carbonyl (C=O) groups excluding carboxylic acids is 2. The number of nitrogens with zero attached hydrogens (tertiary/aromatic N) is 4. The summed E-state index contributed by atoms with van der Waals surface area (Å²) in [5.74, 6) is -0.180. The lowest BCUT2D eigenvalue weighted by Gasteiger charge is -2.30. The van der Waals surface area contributed by atoms with E-state index in [1.807, 2.05) is 45.2 Å². The average molecular weight is 483 g/mol. The quantitative estimate of drug-likeness (QED) is 0.534. The van der Waals surface area contributed by atoms with Crippen molar-refractivity contribution in [3.05, 3.63) is 70.8 Å². The summed E-state index contributed by atoms with van der Waals surface area (Å²) in [6, 6.07) is 12.8. The lowest BCUT2D eigenvalue weighted by atomic mass is 10.1. The lowest BCUT2D eigenvalue weighted by molar-refractivity contribution is 0.0605. The number of H-pyrrole nitrogens is 1. The van der Waals surface area contributed by atoms with Gasteiger partial charge in [0.05, 0.1) is 17.8 Å². The van der Waals surface area contributed by atoms with Crippen LogP contribution in [-0.2, 0) is 6.54 Å². The van der Waals surface area contributed by atoms with E-state index in [-0.39, 0.29) is 23.9 Å². The number of aromatic amines is 1. The van der Waals surface area contributed by atoms with Gasteiger partial charge in [0.15, 0.2) is 5.75 Å². The Bertz CT molecular complexity index is 1150. The molecule has 2 N–H and O–H groups in total. The van der Waals surface area contributed by atoms with Crippen molar-refractivity contribution in [3.63, 3.8) is 0 Å². The minimum Gasteiger partial charge on any atom is -0.484 e. The number of carbonyl (C=O) groups is 2. The van der Waals surface area contributed by atoms with Gasteiger partial charge in [-0.2, -0.15) is 5.10 Å². The topological polar surface area (TPSA) is 103 Å². The van der Waals surface area contributed by atoms with E-state index in [4.69, 9.17) is 16.3 Å². The highest BCUT2D eigenvalue weighted by molar-refractivity contribution is 6.30. The Morgan fingerprint density at radius 3 is 2.74 bits per heavy atom.